The minimum atomic E-state index is 0.312. The van der Waals surface area contributed by atoms with Crippen LogP contribution in [-0.2, 0) is 13.1 Å². The highest BCUT2D eigenvalue weighted by Crippen LogP contribution is 2.32. The van der Waals surface area contributed by atoms with Crippen LogP contribution in [0, 0.1) is 6.92 Å². The van der Waals surface area contributed by atoms with Crippen LogP contribution in [0.5, 0.6) is 11.5 Å². The lowest BCUT2D eigenvalue weighted by atomic mass is 10.1. The van der Waals surface area contributed by atoms with Crippen molar-refractivity contribution in [2.45, 2.75) is 20.0 Å². The number of nitrogens with zero attached hydrogens (tertiary/aromatic N) is 4. The summed E-state index contributed by atoms with van der Waals surface area (Å²) in [7, 11) is 0. The van der Waals surface area contributed by atoms with Gasteiger partial charge in [-0.3, -0.25) is 9.58 Å². The Morgan fingerprint density at radius 1 is 1.03 bits per heavy atom. The van der Waals surface area contributed by atoms with Crippen molar-refractivity contribution in [3.05, 3.63) is 71.5 Å². The van der Waals surface area contributed by atoms with Gasteiger partial charge < -0.3 is 19.7 Å². The minimum Gasteiger partial charge on any atom is -0.454 e. The van der Waals surface area contributed by atoms with Crippen LogP contribution in [0.25, 0.3) is 0 Å². The van der Waals surface area contributed by atoms with E-state index in [1.165, 1.54) is 16.7 Å². The standard InChI is InChI=1S/C24H27N5O2S/c1-18-4-2-3-5-20(18)15-29-16-21(13-25-29)26-24(32)28-10-8-27(9-11-28)14-19-6-7-22-23(12-19)31-17-30-22/h2-7,12-13,16H,8-11,14-15,17H2,1H3,(H,26,32). The summed E-state index contributed by atoms with van der Waals surface area (Å²) in [5.41, 5.74) is 4.70. The van der Waals surface area contributed by atoms with Crippen LogP contribution < -0.4 is 14.8 Å². The number of aryl methyl sites for hydroxylation is 1. The molecule has 8 heteroatoms. The molecule has 166 valence electrons. The summed E-state index contributed by atoms with van der Waals surface area (Å²) >= 11 is 5.67. The fraction of sp³-hybridized carbons (Fsp3) is 0.333. The van der Waals surface area contributed by atoms with Gasteiger partial charge in [0.25, 0.3) is 0 Å². The third-order valence-electron chi connectivity index (χ3n) is 5.98. The normalized spacial score (nSPS) is 15.7. The summed E-state index contributed by atoms with van der Waals surface area (Å²) in [6.45, 7) is 7.80. The Balaban J connectivity index is 1.11. The van der Waals surface area contributed by atoms with Crippen LogP contribution in [0.4, 0.5) is 5.69 Å². The maximum Gasteiger partial charge on any atom is 0.231 e. The topological polar surface area (TPSA) is 54.8 Å². The predicted octanol–water partition coefficient (Wildman–Crippen LogP) is 3.48. The molecule has 0 bridgehead atoms. The van der Waals surface area contributed by atoms with E-state index in [1.54, 1.807) is 0 Å². The first-order valence-corrected chi connectivity index (χ1v) is 11.3. The molecule has 3 heterocycles. The lowest BCUT2D eigenvalue weighted by molar-refractivity contribution is 0.173. The molecule has 0 aliphatic carbocycles. The summed E-state index contributed by atoms with van der Waals surface area (Å²) in [5, 5.41) is 8.59. The molecular formula is C24H27N5O2S. The molecule has 3 aromatic rings. The highest BCUT2D eigenvalue weighted by atomic mass is 32.1. The maximum atomic E-state index is 5.67. The molecule has 32 heavy (non-hydrogen) atoms. The van der Waals surface area contributed by atoms with Crippen LogP contribution in [0.15, 0.2) is 54.9 Å². The van der Waals surface area contributed by atoms with Crippen LogP contribution in [-0.4, -0.2) is 57.7 Å². The van der Waals surface area contributed by atoms with Crippen molar-refractivity contribution in [3.63, 3.8) is 0 Å². The van der Waals surface area contributed by atoms with Gasteiger partial charge in [0.05, 0.1) is 18.4 Å². The Bertz CT molecular complexity index is 1110. The molecule has 1 fully saturated rings. The van der Waals surface area contributed by atoms with Crippen molar-refractivity contribution in [1.82, 2.24) is 19.6 Å². The largest absolute Gasteiger partial charge is 0.454 e. The number of aromatic nitrogens is 2. The summed E-state index contributed by atoms with van der Waals surface area (Å²) in [5.74, 6) is 1.67. The molecule has 0 radical (unpaired) electrons. The fourth-order valence-electron chi connectivity index (χ4n) is 4.09. The van der Waals surface area contributed by atoms with Crippen molar-refractivity contribution in [2.24, 2.45) is 0 Å². The van der Waals surface area contributed by atoms with E-state index in [4.69, 9.17) is 21.7 Å². The van der Waals surface area contributed by atoms with Gasteiger partial charge in [0.2, 0.25) is 6.79 Å². The maximum absolute atomic E-state index is 5.67. The molecule has 1 aromatic heterocycles. The van der Waals surface area contributed by atoms with Crippen LogP contribution in [0.3, 0.4) is 0 Å². The van der Waals surface area contributed by atoms with Crippen molar-refractivity contribution in [1.29, 1.82) is 0 Å². The molecule has 2 aliphatic heterocycles. The molecule has 0 spiro atoms. The van der Waals surface area contributed by atoms with Gasteiger partial charge in [-0.05, 0) is 48.0 Å². The summed E-state index contributed by atoms with van der Waals surface area (Å²) < 4.78 is 12.8. The summed E-state index contributed by atoms with van der Waals surface area (Å²) in [4.78, 5) is 4.67. The molecule has 7 nitrogen and oxygen atoms in total. The second-order valence-corrected chi connectivity index (χ2v) is 8.62. The Morgan fingerprint density at radius 3 is 2.69 bits per heavy atom. The number of thiocarbonyl (C=S) groups is 1. The number of piperazine rings is 1. The van der Waals surface area contributed by atoms with Gasteiger partial charge in [-0.1, -0.05) is 30.3 Å². The second kappa shape index (κ2) is 9.18. The minimum absolute atomic E-state index is 0.312. The van der Waals surface area contributed by atoms with E-state index in [0.29, 0.717) is 6.79 Å². The van der Waals surface area contributed by atoms with E-state index in [9.17, 15) is 0 Å². The van der Waals surface area contributed by atoms with E-state index >= 15 is 0 Å². The lowest BCUT2D eigenvalue weighted by Gasteiger charge is -2.36. The molecule has 1 saturated heterocycles. The first-order valence-electron chi connectivity index (χ1n) is 10.9. The number of nitrogens with one attached hydrogen (secondary N) is 1. The van der Waals surface area contributed by atoms with Gasteiger partial charge in [0, 0.05) is 38.9 Å². The summed E-state index contributed by atoms with van der Waals surface area (Å²) in [6.07, 6.45) is 3.84. The third-order valence-corrected chi connectivity index (χ3v) is 6.34. The van der Waals surface area contributed by atoms with Gasteiger partial charge in [0.1, 0.15) is 0 Å². The molecular weight excluding hydrogens is 422 g/mol. The zero-order valence-corrected chi connectivity index (χ0v) is 19.0. The first-order chi connectivity index (χ1) is 15.6. The molecule has 2 aromatic carbocycles. The molecule has 2 aliphatic rings. The van der Waals surface area contributed by atoms with Crippen LogP contribution in [0.2, 0.25) is 0 Å². The molecule has 0 atom stereocenters. The second-order valence-electron chi connectivity index (χ2n) is 8.23. The van der Waals surface area contributed by atoms with Crippen molar-refractivity contribution in [3.8, 4) is 11.5 Å². The predicted molar refractivity (Wildman–Crippen MR) is 128 cm³/mol. The number of anilines is 1. The van der Waals surface area contributed by atoms with Crippen molar-refractivity contribution in [2.75, 3.05) is 38.3 Å². The van der Waals surface area contributed by atoms with Gasteiger partial charge >= 0.3 is 0 Å². The highest BCUT2D eigenvalue weighted by Gasteiger charge is 2.20. The number of fused-ring (bicyclic) bond motifs is 1. The first kappa shape index (κ1) is 20.8. The molecule has 0 unspecified atom stereocenters. The van der Waals surface area contributed by atoms with Gasteiger partial charge in [0.15, 0.2) is 16.6 Å². The number of ether oxygens (including phenoxy) is 2. The fourth-order valence-corrected chi connectivity index (χ4v) is 4.39. The Hall–Kier alpha value is -3.10. The third kappa shape index (κ3) is 4.71. The summed E-state index contributed by atoms with van der Waals surface area (Å²) in [6, 6.07) is 14.6. The molecule has 1 N–H and O–H groups in total. The van der Waals surface area contributed by atoms with Gasteiger partial charge in [-0.25, -0.2) is 0 Å². The van der Waals surface area contributed by atoms with E-state index in [2.05, 4.69) is 63.5 Å². The smallest absolute Gasteiger partial charge is 0.231 e. The lowest BCUT2D eigenvalue weighted by Crippen LogP contribution is -2.49. The Kier molecular flexibility index (Phi) is 5.96. The zero-order chi connectivity index (χ0) is 21.9. The monoisotopic (exact) mass is 449 g/mol. The number of benzene rings is 2. The van der Waals surface area contributed by atoms with Crippen LogP contribution >= 0.6 is 12.2 Å². The average molecular weight is 450 g/mol. The molecule has 5 rings (SSSR count). The molecule has 0 amide bonds. The number of hydrogen-bond acceptors (Lipinski definition) is 5. The van der Waals surface area contributed by atoms with Crippen molar-refractivity contribution < 1.29 is 9.47 Å². The van der Waals surface area contributed by atoms with Crippen molar-refractivity contribution >= 4 is 23.0 Å². The molecule has 0 saturated carbocycles. The SMILES string of the molecule is Cc1ccccc1Cn1cc(NC(=S)N2CCN(Cc3ccc4c(c3)OCO4)CC2)cn1. The van der Waals surface area contributed by atoms with Gasteiger partial charge in [-0.2, -0.15) is 5.10 Å². The average Bonchev–Trinajstić information content (AvgIpc) is 3.45. The zero-order valence-electron chi connectivity index (χ0n) is 18.2. The Labute approximate surface area is 193 Å². The van der Waals surface area contributed by atoms with Gasteiger partial charge in [-0.15, -0.1) is 0 Å². The van der Waals surface area contributed by atoms with Crippen LogP contribution in [0.1, 0.15) is 16.7 Å². The number of rotatable bonds is 5. The highest BCUT2D eigenvalue weighted by molar-refractivity contribution is 7.80. The van der Waals surface area contributed by atoms with E-state index in [1.807, 2.05) is 23.1 Å². The van der Waals surface area contributed by atoms with E-state index in [0.717, 1.165) is 61.6 Å². The van der Waals surface area contributed by atoms with E-state index in [-0.39, 0.29) is 0 Å². The Morgan fingerprint density at radius 2 is 1.84 bits per heavy atom. The van der Waals surface area contributed by atoms with E-state index < -0.39 is 0 Å². The quantitative estimate of drug-likeness (QED) is 0.599. The number of hydrogen-bond donors (Lipinski definition) is 1.